The summed E-state index contributed by atoms with van der Waals surface area (Å²) in [6, 6.07) is -0.639. The molecule has 0 fully saturated rings. The Hall–Kier alpha value is -1.78. The summed E-state index contributed by atoms with van der Waals surface area (Å²) in [6.45, 7) is 5.80. The monoisotopic (exact) mass is 435 g/mol. The van der Waals surface area contributed by atoms with Gasteiger partial charge in [0.2, 0.25) is 5.91 Å². The average molecular weight is 436 g/mol. The normalized spacial score (nSPS) is 11.4. The molecule has 0 aliphatic rings. The maximum absolute atomic E-state index is 12.4. The smallest absolute Gasteiger partial charge is 0.312 e. The van der Waals surface area contributed by atoms with Gasteiger partial charge in [0.05, 0.1) is 6.54 Å². The van der Waals surface area contributed by atoms with E-state index in [4.69, 9.17) is 5.73 Å². The van der Waals surface area contributed by atoms with Crippen LogP contribution in [0.1, 0.15) is 110 Å². The number of unbranched alkanes of at least 4 members (excludes halogenated alkanes) is 12. The molecular weight excluding hydrogens is 386 g/mol. The van der Waals surface area contributed by atoms with Crippen molar-refractivity contribution >= 4 is 11.9 Å². The van der Waals surface area contributed by atoms with Crippen LogP contribution in [0, 0.1) is 0 Å². The molecule has 0 spiro atoms. The van der Waals surface area contributed by atoms with Gasteiger partial charge in [0, 0.05) is 13.1 Å². The number of carbonyl (C=O) groups is 2. The molecule has 5 nitrogen and oxygen atoms in total. The van der Waals surface area contributed by atoms with Crippen LogP contribution >= 0.6 is 0 Å². The second kappa shape index (κ2) is 22.9. The summed E-state index contributed by atoms with van der Waals surface area (Å²) in [6.07, 6.45) is 26.8. The summed E-state index contributed by atoms with van der Waals surface area (Å²) in [7, 11) is 0. The fourth-order valence-corrected chi connectivity index (χ4v) is 3.63. The first-order valence-corrected chi connectivity index (χ1v) is 12.7. The van der Waals surface area contributed by atoms with Gasteiger partial charge in [-0.2, -0.15) is 0 Å². The summed E-state index contributed by atoms with van der Waals surface area (Å²) in [4.78, 5) is 25.3. The number of amides is 3. The fraction of sp³-hybridized carbons (Fsp3) is 0.769. The van der Waals surface area contributed by atoms with Gasteiger partial charge in [0.15, 0.2) is 0 Å². The number of allylic oxidation sites excluding steroid dienone is 4. The largest absolute Gasteiger partial charge is 0.352 e. The highest BCUT2D eigenvalue weighted by Crippen LogP contribution is 2.11. The highest BCUT2D eigenvalue weighted by atomic mass is 16.2. The van der Waals surface area contributed by atoms with Gasteiger partial charge in [-0.3, -0.25) is 4.79 Å². The lowest BCUT2D eigenvalue weighted by atomic mass is 10.1. The molecule has 0 aromatic heterocycles. The Kier molecular flexibility index (Phi) is 21.6. The van der Waals surface area contributed by atoms with Crippen molar-refractivity contribution < 1.29 is 9.59 Å². The quantitative estimate of drug-likeness (QED) is 0.160. The number of primary amides is 1. The van der Waals surface area contributed by atoms with Crippen LogP contribution in [0.25, 0.3) is 0 Å². The summed E-state index contributed by atoms with van der Waals surface area (Å²) < 4.78 is 0. The molecule has 3 N–H and O–H groups in total. The van der Waals surface area contributed by atoms with Crippen molar-refractivity contribution in [2.75, 3.05) is 19.6 Å². The Bertz CT molecular complexity index is 489. The molecule has 5 heteroatoms. The maximum atomic E-state index is 12.4. The van der Waals surface area contributed by atoms with Crippen LogP contribution in [0.2, 0.25) is 0 Å². The molecule has 0 aromatic carbocycles. The molecule has 0 bridgehead atoms. The van der Waals surface area contributed by atoms with Crippen molar-refractivity contribution in [1.29, 1.82) is 0 Å². The lowest BCUT2D eigenvalue weighted by Crippen LogP contribution is -2.42. The van der Waals surface area contributed by atoms with Crippen molar-refractivity contribution in [3.05, 3.63) is 24.3 Å². The summed E-state index contributed by atoms with van der Waals surface area (Å²) in [5.41, 5.74) is 5.12. The van der Waals surface area contributed by atoms with E-state index in [1.54, 1.807) is 0 Å². The van der Waals surface area contributed by atoms with Crippen LogP contribution in [-0.2, 0) is 4.79 Å². The number of nitrogens with two attached hydrogens (primary N) is 1. The van der Waals surface area contributed by atoms with Crippen LogP contribution in [0.5, 0.6) is 0 Å². The molecular formula is C26H49N3O2. The molecule has 0 aromatic rings. The van der Waals surface area contributed by atoms with Crippen molar-refractivity contribution in [1.82, 2.24) is 10.2 Å². The first-order valence-electron chi connectivity index (χ1n) is 12.7. The fourth-order valence-electron chi connectivity index (χ4n) is 3.63. The molecule has 31 heavy (non-hydrogen) atoms. The van der Waals surface area contributed by atoms with Crippen LogP contribution < -0.4 is 11.1 Å². The van der Waals surface area contributed by atoms with Gasteiger partial charge in [0.1, 0.15) is 0 Å². The van der Waals surface area contributed by atoms with Crippen LogP contribution in [0.3, 0.4) is 0 Å². The van der Waals surface area contributed by atoms with E-state index >= 15 is 0 Å². The van der Waals surface area contributed by atoms with Crippen molar-refractivity contribution in [2.24, 2.45) is 5.73 Å². The highest BCUT2D eigenvalue weighted by Gasteiger charge is 2.13. The van der Waals surface area contributed by atoms with Gasteiger partial charge in [0.25, 0.3) is 0 Å². The summed E-state index contributed by atoms with van der Waals surface area (Å²) in [5.74, 6) is -0.0205. The molecule has 0 saturated heterocycles. The van der Waals surface area contributed by atoms with Crippen LogP contribution in [0.4, 0.5) is 4.79 Å². The Morgan fingerprint density at radius 3 is 1.71 bits per heavy atom. The lowest BCUT2D eigenvalue weighted by molar-refractivity contribution is -0.130. The zero-order valence-corrected chi connectivity index (χ0v) is 20.4. The molecule has 0 unspecified atom stereocenters. The molecule has 0 heterocycles. The number of carbonyl (C=O) groups excluding carboxylic acids is 2. The molecule has 180 valence electrons. The SMILES string of the molecule is C/C=C\CCCCCCCCN(CCCCCCCC/C=C\CC)C(=O)CNC(N)=O. The van der Waals surface area contributed by atoms with E-state index in [9.17, 15) is 9.59 Å². The topological polar surface area (TPSA) is 75.4 Å². The number of nitrogens with zero attached hydrogens (tertiary/aromatic N) is 1. The van der Waals surface area contributed by atoms with Crippen LogP contribution in [-0.4, -0.2) is 36.5 Å². The van der Waals surface area contributed by atoms with E-state index in [0.717, 1.165) is 45.2 Å². The Morgan fingerprint density at radius 2 is 1.23 bits per heavy atom. The number of rotatable bonds is 21. The maximum Gasteiger partial charge on any atom is 0.312 e. The van der Waals surface area contributed by atoms with Gasteiger partial charge >= 0.3 is 6.03 Å². The zero-order chi connectivity index (χ0) is 23.0. The van der Waals surface area contributed by atoms with Gasteiger partial charge in [-0.1, -0.05) is 82.6 Å². The van der Waals surface area contributed by atoms with Gasteiger partial charge in [-0.25, -0.2) is 4.79 Å². The molecule has 0 saturated carbocycles. The molecule has 0 radical (unpaired) electrons. The Morgan fingerprint density at radius 1 is 0.742 bits per heavy atom. The number of hydrogen-bond acceptors (Lipinski definition) is 2. The number of urea groups is 1. The van der Waals surface area contributed by atoms with Crippen molar-refractivity contribution in [3.63, 3.8) is 0 Å². The minimum atomic E-state index is -0.639. The predicted molar refractivity (Wildman–Crippen MR) is 133 cm³/mol. The van der Waals surface area contributed by atoms with Gasteiger partial charge in [-0.05, 0) is 51.9 Å². The Labute approximate surface area is 191 Å². The van der Waals surface area contributed by atoms with E-state index in [2.05, 4.69) is 43.5 Å². The average Bonchev–Trinajstić information content (AvgIpc) is 2.76. The third-order valence-electron chi connectivity index (χ3n) is 5.50. The highest BCUT2D eigenvalue weighted by molar-refractivity contribution is 5.83. The number of nitrogens with one attached hydrogen (secondary N) is 1. The molecule has 0 atom stereocenters. The second-order valence-corrected chi connectivity index (χ2v) is 8.37. The third kappa shape index (κ3) is 21.2. The van der Waals surface area contributed by atoms with E-state index in [1.807, 2.05) is 4.90 Å². The molecule has 0 aliphatic heterocycles. The predicted octanol–water partition coefficient (Wildman–Crippen LogP) is 6.49. The second-order valence-electron chi connectivity index (χ2n) is 8.37. The van der Waals surface area contributed by atoms with Crippen LogP contribution in [0.15, 0.2) is 24.3 Å². The molecule has 0 aliphatic carbocycles. The summed E-state index contributed by atoms with van der Waals surface area (Å²) in [5, 5.41) is 2.44. The first-order chi connectivity index (χ1) is 15.1. The zero-order valence-electron chi connectivity index (χ0n) is 20.4. The van der Waals surface area contributed by atoms with E-state index in [1.165, 1.54) is 64.2 Å². The van der Waals surface area contributed by atoms with E-state index in [-0.39, 0.29) is 12.5 Å². The van der Waals surface area contributed by atoms with Crippen molar-refractivity contribution in [3.8, 4) is 0 Å². The van der Waals surface area contributed by atoms with E-state index in [0.29, 0.717) is 0 Å². The third-order valence-corrected chi connectivity index (χ3v) is 5.50. The minimum absolute atomic E-state index is 0.00551. The van der Waals surface area contributed by atoms with E-state index < -0.39 is 6.03 Å². The lowest BCUT2D eigenvalue weighted by Gasteiger charge is -2.23. The van der Waals surface area contributed by atoms with Gasteiger partial charge < -0.3 is 16.0 Å². The number of hydrogen-bond donors (Lipinski definition) is 2. The minimum Gasteiger partial charge on any atom is -0.352 e. The molecule has 0 rings (SSSR count). The Balaban J connectivity index is 3.98. The first kappa shape index (κ1) is 29.2. The van der Waals surface area contributed by atoms with Gasteiger partial charge in [-0.15, -0.1) is 0 Å². The standard InChI is InChI=1S/C26H49N3O2/c1-3-5-7-9-11-13-15-17-19-21-23-29(25(30)24-28-26(27)31)22-20-18-16-14-12-10-8-6-4-2/h4-7H,3,8-24H2,1-2H3,(H3,27,28,31)/b6-4-,7-5-. The van der Waals surface area contributed by atoms with Crippen molar-refractivity contribution in [2.45, 2.75) is 110 Å². The summed E-state index contributed by atoms with van der Waals surface area (Å²) >= 11 is 0. The molecule has 3 amide bonds.